The average molecular weight is 970 g/mol. The molecule has 0 radical (unpaired) electrons. The van der Waals surface area contributed by atoms with Gasteiger partial charge in [0, 0.05) is 60.7 Å². The Kier molecular flexibility index (Phi) is 9.15. The topological polar surface area (TPSA) is 57.8 Å². The maximum absolute atomic E-state index is 6.78. The lowest BCUT2D eigenvalue weighted by molar-refractivity contribution is 0.436. The van der Waals surface area contributed by atoms with Gasteiger partial charge in [0.2, 0.25) is 0 Å². The van der Waals surface area contributed by atoms with Crippen LogP contribution >= 0.6 is 0 Å². The molecule has 0 N–H and O–H groups in total. The Morgan fingerprint density at radius 1 is 0.289 bits per heavy atom. The van der Waals surface area contributed by atoms with Crippen molar-refractivity contribution in [1.29, 1.82) is 0 Å². The van der Waals surface area contributed by atoms with Crippen LogP contribution in [0.25, 0.3) is 111 Å². The standard InChI is InChI=1S/C70H43N5O/c1-5-20-44(21-6-1)67-71-68(45-22-7-2-8-23-45)73-69(72-67)51-29-19-32-59-66(51)55-41-46(36-38-56(55)70(59)57-30-14-17-34-64(57)76-65-35-18-15-31-58(65)70)47-37-39-61-52(40-47)54-43-62-53(42-63(54)75(61)49-26-11-4-12-27-49)50-28-13-16-33-60(50)74(62)48-24-9-3-10-25-48/h1-43H. The van der Waals surface area contributed by atoms with Gasteiger partial charge in [0.15, 0.2) is 17.5 Å². The van der Waals surface area contributed by atoms with Gasteiger partial charge in [-0.15, -0.1) is 0 Å². The molecule has 0 saturated heterocycles. The van der Waals surface area contributed by atoms with E-state index in [0.29, 0.717) is 17.5 Å². The van der Waals surface area contributed by atoms with Crippen molar-refractivity contribution in [2.24, 2.45) is 0 Å². The number of nitrogens with zero attached hydrogens (tertiary/aromatic N) is 5. The lowest BCUT2D eigenvalue weighted by atomic mass is 9.66. The summed E-state index contributed by atoms with van der Waals surface area (Å²) in [6.07, 6.45) is 0. The zero-order valence-electron chi connectivity index (χ0n) is 41.0. The summed E-state index contributed by atoms with van der Waals surface area (Å²) >= 11 is 0. The smallest absolute Gasteiger partial charge is 0.164 e. The molecule has 354 valence electrons. The highest BCUT2D eigenvalue weighted by atomic mass is 16.5. The molecule has 0 atom stereocenters. The van der Waals surface area contributed by atoms with E-state index in [1.54, 1.807) is 0 Å². The third-order valence-corrected chi connectivity index (χ3v) is 15.8. The molecule has 2 aliphatic rings. The minimum atomic E-state index is -0.710. The van der Waals surface area contributed by atoms with E-state index in [0.717, 1.165) is 89.5 Å². The van der Waals surface area contributed by atoms with Gasteiger partial charge in [0.05, 0.1) is 27.5 Å². The number of fused-ring (bicyclic) bond motifs is 15. The first kappa shape index (κ1) is 42.3. The molecule has 0 fully saturated rings. The molecule has 0 unspecified atom stereocenters. The molecule has 76 heavy (non-hydrogen) atoms. The van der Waals surface area contributed by atoms with Gasteiger partial charge in [0.1, 0.15) is 11.5 Å². The van der Waals surface area contributed by atoms with E-state index in [9.17, 15) is 0 Å². The summed E-state index contributed by atoms with van der Waals surface area (Å²) in [6.45, 7) is 0. The highest BCUT2D eigenvalue weighted by Crippen LogP contribution is 2.63. The van der Waals surface area contributed by atoms with Crippen LogP contribution in [0, 0.1) is 0 Å². The first-order valence-electron chi connectivity index (χ1n) is 25.8. The minimum Gasteiger partial charge on any atom is -0.457 e. The Hall–Kier alpha value is -10.2. The van der Waals surface area contributed by atoms with Gasteiger partial charge in [0.25, 0.3) is 0 Å². The fraction of sp³-hybridized carbons (Fsp3) is 0.0143. The summed E-state index contributed by atoms with van der Waals surface area (Å²) in [4.78, 5) is 15.8. The second kappa shape index (κ2) is 16.4. The predicted molar refractivity (Wildman–Crippen MR) is 308 cm³/mol. The van der Waals surface area contributed by atoms with Crippen molar-refractivity contribution in [3.05, 3.63) is 283 Å². The van der Waals surface area contributed by atoms with Crippen molar-refractivity contribution in [3.8, 4) is 79.3 Å². The number of aromatic nitrogens is 5. The first-order chi connectivity index (χ1) is 37.7. The van der Waals surface area contributed by atoms with Crippen LogP contribution in [0.4, 0.5) is 0 Å². The summed E-state index contributed by atoms with van der Waals surface area (Å²) in [5, 5.41) is 4.81. The Balaban J connectivity index is 0.967. The van der Waals surface area contributed by atoms with Crippen LogP contribution < -0.4 is 4.74 Å². The van der Waals surface area contributed by atoms with Gasteiger partial charge in [-0.25, -0.2) is 15.0 Å². The molecule has 1 aliphatic heterocycles. The molecule has 4 heterocycles. The number of hydrogen-bond donors (Lipinski definition) is 0. The summed E-state index contributed by atoms with van der Waals surface area (Å²) in [5.41, 5.74) is 18.0. The van der Waals surface area contributed by atoms with Crippen LogP contribution in [0.5, 0.6) is 11.5 Å². The number of para-hydroxylation sites is 5. The molecule has 1 spiro atoms. The Morgan fingerprint density at radius 3 is 1.39 bits per heavy atom. The minimum absolute atomic E-state index is 0.612. The molecule has 14 aromatic rings. The van der Waals surface area contributed by atoms with E-state index in [2.05, 4.69) is 234 Å². The van der Waals surface area contributed by atoms with Crippen molar-refractivity contribution in [2.45, 2.75) is 5.41 Å². The number of ether oxygens (including phenoxy) is 1. The van der Waals surface area contributed by atoms with E-state index in [4.69, 9.17) is 19.7 Å². The normalized spacial score (nSPS) is 12.9. The molecule has 0 bridgehead atoms. The molecule has 16 rings (SSSR count). The van der Waals surface area contributed by atoms with Gasteiger partial charge in [-0.2, -0.15) is 0 Å². The van der Waals surface area contributed by atoms with Crippen molar-refractivity contribution in [2.75, 3.05) is 0 Å². The number of hydrogen-bond acceptors (Lipinski definition) is 4. The van der Waals surface area contributed by atoms with Gasteiger partial charge in [-0.1, -0.05) is 188 Å². The lowest BCUT2D eigenvalue weighted by Gasteiger charge is -2.39. The van der Waals surface area contributed by atoms with Crippen LogP contribution in [-0.4, -0.2) is 24.1 Å². The lowest BCUT2D eigenvalue weighted by Crippen LogP contribution is -2.32. The second-order valence-electron chi connectivity index (χ2n) is 19.8. The maximum atomic E-state index is 6.78. The molecule has 0 amide bonds. The van der Waals surface area contributed by atoms with Crippen molar-refractivity contribution < 1.29 is 4.74 Å². The highest BCUT2D eigenvalue weighted by molar-refractivity contribution is 6.19. The Morgan fingerprint density at radius 2 is 0.763 bits per heavy atom. The van der Waals surface area contributed by atoms with E-state index in [1.165, 1.54) is 38.1 Å². The van der Waals surface area contributed by atoms with Gasteiger partial charge >= 0.3 is 0 Å². The molecule has 6 nitrogen and oxygen atoms in total. The van der Waals surface area contributed by atoms with Crippen molar-refractivity contribution in [1.82, 2.24) is 24.1 Å². The molecular weight excluding hydrogens is 927 g/mol. The van der Waals surface area contributed by atoms with Gasteiger partial charge in [-0.3, -0.25) is 0 Å². The highest BCUT2D eigenvalue weighted by Gasteiger charge is 2.52. The SMILES string of the molecule is c1ccc(-c2nc(-c3ccccc3)nc(-c3cccc4c3-c3cc(-c5ccc6c(c5)c5cc7c(cc5n6-c5ccccc5)c5ccccc5n7-c5ccccc5)ccc3C43c4ccccc4Oc4ccccc43)n2)cc1. The van der Waals surface area contributed by atoms with Crippen molar-refractivity contribution in [3.63, 3.8) is 0 Å². The summed E-state index contributed by atoms with van der Waals surface area (Å²) in [7, 11) is 0. The van der Waals surface area contributed by atoms with E-state index < -0.39 is 5.41 Å². The third kappa shape index (κ3) is 6.12. The Labute approximate surface area is 438 Å². The van der Waals surface area contributed by atoms with Crippen LogP contribution in [0.15, 0.2) is 261 Å². The Bertz CT molecular complexity index is 4550. The number of rotatable bonds is 6. The first-order valence-corrected chi connectivity index (χ1v) is 25.8. The number of benzene rings is 11. The zero-order valence-corrected chi connectivity index (χ0v) is 41.0. The van der Waals surface area contributed by atoms with E-state index in [-0.39, 0.29) is 0 Å². The monoisotopic (exact) mass is 969 g/mol. The van der Waals surface area contributed by atoms with Crippen molar-refractivity contribution >= 4 is 43.6 Å². The molecule has 0 saturated carbocycles. The summed E-state index contributed by atoms with van der Waals surface area (Å²) in [6, 6.07) is 93.3. The van der Waals surface area contributed by atoms with Gasteiger partial charge in [-0.05, 0) is 106 Å². The average Bonchev–Trinajstić information content (AvgIpc) is 4.17. The molecule has 3 aromatic heterocycles. The molecular formula is C70H43N5O. The third-order valence-electron chi connectivity index (χ3n) is 15.8. The largest absolute Gasteiger partial charge is 0.457 e. The molecule has 11 aromatic carbocycles. The predicted octanol–water partition coefficient (Wildman–Crippen LogP) is 17.2. The van der Waals surface area contributed by atoms with Crippen LogP contribution in [-0.2, 0) is 5.41 Å². The fourth-order valence-corrected chi connectivity index (χ4v) is 12.6. The quantitative estimate of drug-likeness (QED) is 0.167. The molecule has 1 aliphatic carbocycles. The van der Waals surface area contributed by atoms with E-state index >= 15 is 0 Å². The summed E-state index contributed by atoms with van der Waals surface area (Å²) < 4.78 is 11.6. The van der Waals surface area contributed by atoms with Crippen LogP contribution in [0.3, 0.4) is 0 Å². The zero-order chi connectivity index (χ0) is 49.9. The van der Waals surface area contributed by atoms with Crippen LogP contribution in [0.1, 0.15) is 22.3 Å². The van der Waals surface area contributed by atoms with Gasteiger partial charge < -0.3 is 13.9 Å². The fourth-order valence-electron chi connectivity index (χ4n) is 12.6. The second-order valence-corrected chi connectivity index (χ2v) is 19.8. The van der Waals surface area contributed by atoms with Crippen LogP contribution in [0.2, 0.25) is 0 Å². The summed E-state index contributed by atoms with van der Waals surface area (Å²) in [5.74, 6) is 3.53. The molecule has 6 heteroatoms. The maximum Gasteiger partial charge on any atom is 0.164 e. The van der Waals surface area contributed by atoms with E-state index in [1.807, 2.05) is 36.4 Å².